The molecule has 0 atom stereocenters. The number of hydrogen-bond acceptors (Lipinski definition) is 5. The highest BCUT2D eigenvalue weighted by Gasteiger charge is 2.10. The summed E-state index contributed by atoms with van der Waals surface area (Å²) < 4.78 is 2.62. The van der Waals surface area contributed by atoms with Crippen molar-refractivity contribution in [2.24, 2.45) is 5.73 Å². The van der Waals surface area contributed by atoms with Gasteiger partial charge in [0.2, 0.25) is 11.1 Å². The molecule has 1 aromatic carbocycles. The van der Waals surface area contributed by atoms with Crippen LogP contribution in [0.1, 0.15) is 0 Å². The van der Waals surface area contributed by atoms with Crippen LogP contribution in [0.5, 0.6) is 0 Å². The van der Waals surface area contributed by atoms with Gasteiger partial charge in [-0.3, -0.25) is 4.79 Å². The van der Waals surface area contributed by atoms with Crippen LogP contribution in [0, 0.1) is 0 Å². The zero-order chi connectivity index (χ0) is 14.8. The van der Waals surface area contributed by atoms with Crippen LogP contribution in [0.3, 0.4) is 0 Å². The zero-order valence-corrected chi connectivity index (χ0v) is 13.1. The van der Waals surface area contributed by atoms with E-state index in [1.807, 2.05) is 36.4 Å². The Labute approximate surface area is 132 Å². The van der Waals surface area contributed by atoms with Crippen LogP contribution in [-0.2, 0) is 4.79 Å². The van der Waals surface area contributed by atoms with Crippen molar-refractivity contribution in [3.63, 3.8) is 0 Å². The number of benzene rings is 1. The van der Waals surface area contributed by atoms with Crippen molar-refractivity contribution in [2.75, 3.05) is 5.75 Å². The van der Waals surface area contributed by atoms with Gasteiger partial charge in [0.25, 0.3) is 0 Å². The first kappa shape index (κ1) is 14.0. The van der Waals surface area contributed by atoms with E-state index >= 15 is 0 Å². The van der Waals surface area contributed by atoms with Crippen LogP contribution in [-0.4, -0.2) is 31.5 Å². The molecule has 1 amide bonds. The minimum absolute atomic E-state index is 0.144. The van der Waals surface area contributed by atoms with Crippen molar-refractivity contribution in [1.29, 1.82) is 0 Å². The van der Waals surface area contributed by atoms with Gasteiger partial charge in [-0.15, -0.1) is 10.2 Å². The molecule has 0 unspecified atom stereocenters. The van der Waals surface area contributed by atoms with Gasteiger partial charge in [-0.2, -0.15) is 9.61 Å². The van der Waals surface area contributed by atoms with Gasteiger partial charge in [0, 0.05) is 10.0 Å². The van der Waals surface area contributed by atoms with Crippen molar-refractivity contribution in [3.05, 3.63) is 40.9 Å². The van der Waals surface area contributed by atoms with Gasteiger partial charge in [-0.25, -0.2) is 0 Å². The van der Waals surface area contributed by atoms with Crippen LogP contribution in [0.2, 0.25) is 0 Å². The molecule has 106 valence electrons. The predicted molar refractivity (Wildman–Crippen MR) is 83.8 cm³/mol. The molecular formula is C13H10BrN5OS. The average Bonchev–Trinajstić information content (AvgIpc) is 2.88. The summed E-state index contributed by atoms with van der Waals surface area (Å²) in [6.45, 7) is 0. The third-order valence-corrected chi connectivity index (χ3v) is 4.19. The van der Waals surface area contributed by atoms with Gasteiger partial charge in [0.05, 0.1) is 11.4 Å². The lowest BCUT2D eigenvalue weighted by Crippen LogP contribution is -2.13. The van der Waals surface area contributed by atoms with E-state index in [1.165, 1.54) is 11.8 Å². The Kier molecular flexibility index (Phi) is 3.89. The second-order valence-corrected chi connectivity index (χ2v) is 6.09. The van der Waals surface area contributed by atoms with Crippen molar-refractivity contribution < 1.29 is 4.79 Å². The molecule has 0 saturated carbocycles. The Morgan fingerprint density at radius 2 is 1.95 bits per heavy atom. The van der Waals surface area contributed by atoms with Gasteiger partial charge in [0.1, 0.15) is 0 Å². The number of nitrogens with zero attached hydrogens (tertiary/aromatic N) is 4. The molecule has 0 bridgehead atoms. The number of primary amides is 1. The summed E-state index contributed by atoms with van der Waals surface area (Å²) in [7, 11) is 0. The Balaban J connectivity index is 1.99. The number of rotatable bonds is 4. The van der Waals surface area contributed by atoms with Crippen LogP contribution in [0.4, 0.5) is 0 Å². The molecule has 0 fully saturated rings. The highest BCUT2D eigenvalue weighted by atomic mass is 79.9. The Morgan fingerprint density at radius 3 is 2.67 bits per heavy atom. The van der Waals surface area contributed by atoms with Gasteiger partial charge >= 0.3 is 0 Å². The number of fused-ring (bicyclic) bond motifs is 1. The van der Waals surface area contributed by atoms with E-state index in [0.717, 1.165) is 15.7 Å². The molecule has 0 radical (unpaired) electrons. The molecule has 2 heterocycles. The monoisotopic (exact) mass is 363 g/mol. The largest absolute Gasteiger partial charge is 0.369 e. The molecule has 3 aromatic rings. The number of amides is 1. The highest BCUT2D eigenvalue weighted by molar-refractivity contribution is 9.10. The molecule has 0 spiro atoms. The van der Waals surface area contributed by atoms with Crippen LogP contribution >= 0.6 is 27.7 Å². The lowest BCUT2D eigenvalue weighted by molar-refractivity contribution is -0.115. The summed E-state index contributed by atoms with van der Waals surface area (Å²) in [5, 5.41) is 13.1. The number of carbonyl (C=O) groups excluding carboxylic acids is 1. The third-order valence-electron chi connectivity index (χ3n) is 2.72. The summed E-state index contributed by atoms with van der Waals surface area (Å²) >= 11 is 4.62. The maximum absolute atomic E-state index is 10.9. The van der Waals surface area contributed by atoms with Crippen molar-refractivity contribution in [2.45, 2.75) is 5.16 Å². The molecule has 3 rings (SSSR count). The fourth-order valence-corrected chi connectivity index (χ4v) is 2.66. The van der Waals surface area contributed by atoms with E-state index in [1.54, 1.807) is 4.52 Å². The fourth-order valence-electron chi connectivity index (χ4n) is 1.77. The minimum atomic E-state index is -0.402. The molecule has 8 heteroatoms. The van der Waals surface area contributed by atoms with E-state index in [2.05, 4.69) is 31.2 Å². The van der Waals surface area contributed by atoms with Crippen molar-refractivity contribution in [3.8, 4) is 11.3 Å². The van der Waals surface area contributed by atoms with E-state index in [0.29, 0.717) is 10.8 Å². The quantitative estimate of drug-likeness (QED) is 0.717. The second kappa shape index (κ2) is 5.82. The fraction of sp³-hybridized carbons (Fsp3) is 0.0769. The molecule has 0 aliphatic carbocycles. The first-order valence-corrected chi connectivity index (χ1v) is 7.81. The van der Waals surface area contributed by atoms with Gasteiger partial charge < -0.3 is 5.73 Å². The Morgan fingerprint density at radius 1 is 1.19 bits per heavy atom. The van der Waals surface area contributed by atoms with Gasteiger partial charge in [0.15, 0.2) is 5.65 Å². The van der Waals surface area contributed by atoms with E-state index < -0.39 is 5.91 Å². The van der Waals surface area contributed by atoms with Crippen molar-refractivity contribution >= 4 is 39.2 Å². The summed E-state index contributed by atoms with van der Waals surface area (Å²) in [5.41, 5.74) is 7.56. The minimum Gasteiger partial charge on any atom is -0.369 e. The first-order chi connectivity index (χ1) is 10.1. The number of aromatic nitrogens is 4. The highest BCUT2D eigenvalue weighted by Crippen LogP contribution is 2.22. The molecule has 21 heavy (non-hydrogen) atoms. The molecule has 0 aliphatic heterocycles. The average molecular weight is 364 g/mol. The van der Waals surface area contributed by atoms with Crippen LogP contribution in [0.15, 0.2) is 46.0 Å². The summed E-state index contributed by atoms with van der Waals surface area (Å²) in [5.74, 6) is -0.258. The molecule has 2 N–H and O–H groups in total. The number of halogens is 1. The van der Waals surface area contributed by atoms with Gasteiger partial charge in [-0.05, 0) is 24.3 Å². The third kappa shape index (κ3) is 3.06. The lowest BCUT2D eigenvalue weighted by atomic mass is 10.1. The summed E-state index contributed by atoms with van der Waals surface area (Å²) in [6.07, 6.45) is 0. The number of thioether (sulfide) groups is 1. The summed E-state index contributed by atoms with van der Waals surface area (Å²) in [6, 6.07) is 11.6. The van der Waals surface area contributed by atoms with Crippen molar-refractivity contribution in [1.82, 2.24) is 19.8 Å². The molecular weight excluding hydrogens is 354 g/mol. The number of hydrogen-bond donors (Lipinski definition) is 1. The SMILES string of the molecule is NC(=O)CSc1nnc2ccc(-c3ccc(Br)cc3)nn12. The first-order valence-electron chi connectivity index (χ1n) is 6.03. The number of nitrogens with two attached hydrogens (primary N) is 1. The smallest absolute Gasteiger partial charge is 0.227 e. The summed E-state index contributed by atoms with van der Waals surface area (Å²) in [4.78, 5) is 10.9. The van der Waals surface area contributed by atoms with Crippen LogP contribution in [0.25, 0.3) is 16.9 Å². The van der Waals surface area contributed by atoms with E-state index in [-0.39, 0.29) is 5.75 Å². The molecule has 6 nitrogen and oxygen atoms in total. The predicted octanol–water partition coefficient (Wildman–Crippen LogP) is 2.13. The normalized spacial score (nSPS) is 10.9. The van der Waals surface area contributed by atoms with Crippen LogP contribution < -0.4 is 5.73 Å². The lowest BCUT2D eigenvalue weighted by Gasteiger charge is -2.03. The number of carbonyl (C=O) groups is 1. The van der Waals surface area contributed by atoms with E-state index in [4.69, 9.17) is 5.73 Å². The molecule has 0 saturated heterocycles. The zero-order valence-electron chi connectivity index (χ0n) is 10.7. The Hall–Kier alpha value is -1.93. The maximum atomic E-state index is 10.9. The van der Waals surface area contributed by atoms with E-state index in [9.17, 15) is 4.79 Å². The molecule has 2 aromatic heterocycles. The Bertz CT molecular complexity index is 802. The topological polar surface area (TPSA) is 86.2 Å². The van der Waals surface area contributed by atoms with Gasteiger partial charge in [-0.1, -0.05) is 39.8 Å². The maximum Gasteiger partial charge on any atom is 0.227 e. The molecule has 0 aliphatic rings. The standard InChI is InChI=1S/C13H10BrN5OS/c14-9-3-1-8(2-4-9)10-5-6-12-16-17-13(19(12)18-10)21-7-11(15)20/h1-6H,7H2,(H2,15,20). The second-order valence-electron chi connectivity index (χ2n) is 4.23.